The fourth-order valence-electron chi connectivity index (χ4n) is 2.92. The van der Waals surface area contributed by atoms with Gasteiger partial charge in [0.25, 0.3) is 6.47 Å². The molecule has 4 rings (SSSR count). The topological polar surface area (TPSA) is 128 Å². The molecule has 2 atom stereocenters. The van der Waals surface area contributed by atoms with Crippen molar-refractivity contribution in [1.82, 2.24) is 0 Å². The fourth-order valence-corrected chi connectivity index (χ4v) is 4.67. The van der Waals surface area contributed by atoms with Crippen LogP contribution in [0, 0.1) is 19.0 Å². The number of rotatable bonds is 5. The van der Waals surface area contributed by atoms with Gasteiger partial charge in [0, 0.05) is 25.9 Å². The number of halogens is 1. The number of carboxylic acids is 1. The number of aliphatic carboxylic acids is 1. The summed E-state index contributed by atoms with van der Waals surface area (Å²) >= 11 is 2.83. The standard InChI is InChI=1S/C13H12N2O3S.C9H4FNS.CH2O3.2K.H/c1-7(16)11(13(17)18)15-9-3-4-10(14-2)12-8(9)5-6-19-12;1-11-8-3-2-7(10)6-4-5-12-9(6)8;2-1-4-3;;;/h3-7,11,15-16H,1H3,(H,17,18);2-5H;1,3H;;;/q;;;2*+1;-1/p-1/t7-,11-;;;;;/m1...../s1. The van der Waals surface area contributed by atoms with Crippen LogP contribution < -0.4 is 113 Å². The average molecular weight is 594 g/mol. The summed E-state index contributed by atoms with van der Waals surface area (Å²) < 4.78 is 14.6. The summed E-state index contributed by atoms with van der Waals surface area (Å²) in [4.78, 5) is 29.1. The first-order valence-corrected chi connectivity index (χ1v) is 11.3. The van der Waals surface area contributed by atoms with Crippen molar-refractivity contribution in [2.45, 2.75) is 19.1 Å². The van der Waals surface area contributed by atoms with Crippen molar-refractivity contribution in [1.29, 1.82) is 0 Å². The summed E-state index contributed by atoms with van der Waals surface area (Å²) in [6.07, 6.45) is -1.02. The number of carbonyl (C=O) groups is 2. The van der Waals surface area contributed by atoms with E-state index in [4.69, 9.17) is 28.3 Å². The van der Waals surface area contributed by atoms with Crippen molar-refractivity contribution < 1.29 is 139 Å². The minimum atomic E-state index is -1.12. The van der Waals surface area contributed by atoms with Crippen molar-refractivity contribution in [3.63, 3.8) is 0 Å². The monoisotopic (exact) mass is 593 g/mol. The van der Waals surface area contributed by atoms with Crippen molar-refractivity contribution in [3.05, 3.63) is 75.8 Å². The van der Waals surface area contributed by atoms with Crippen LogP contribution in [-0.2, 0) is 14.5 Å². The van der Waals surface area contributed by atoms with Gasteiger partial charge in [-0.05, 0) is 41.9 Å². The zero-order valence-corrected chi connectivity index (χ0v) is 27.8. The molecule has 0 unspecified atom stereocenters. The Hall–Kier alpha value is -0.797. The Labute approximate surface area is 306 Å². The number of hydrogen-bond acceptors (Lipinski definition) is 8. The van der Waals surface area contributed by atoms with E-state index in [9.17, 15) is 14.3 Å². The van der Waals surface area contributed by atoms with Gasteiger partial charge in [0.15, 0.2) is 6.04 Å². The average Bonchev–Trinajstić information content (AvgIpc) is 3.54. The predicted molar refractivity (Wildman–Crippen MR) is 131 cm³/mol. The molecule has 3 N–H and O–H groups in total. The third-order valence-corrected chi connectivity index (χ3v) is 6.35. The summed E-state index contributed by atoms with van der Waals surface area (Å²) in [5.74, 6) is -1.37. The SMILES string of the molecule is O=CO[O-].[C-]#[N+]c1ccc(F)c2ccsc12.[C-]#[N+]c1ccc(N[C@@H](C(=O)O)[C@@H](C)O)c2ccsc12.[H-].[K+].[K+]. The maximum absolute atomic E-state index is 13.0. The Kier molecular flexibility index (Phi) is 18.1. The summed E-state index contributed by atoms with van der Waals surface area (Å²) in [7, 11) is 0. The molecule has 0 aliphatic heterocycles. The summed E-state index contributed by atoms with van der Waals surface area (Å²) in [5, 5.41) is 34.8. The molecule has 0 spiro atoms. The Morgan fingerprint density at radius 1 is 1.08 bits per heavy atom. The van der Waals surface area contributed by atoms with Gasteiger partial charge < -0.3 is 27.1 Å². The number of hydrogen-bond donors (Lipinski definition) is 3. The number of nitrogens with one attached hydrogen (secondary N) is 1. The number of nitrogens with zero attached hydrogens (tertiary/aromatic N) is 2. The van der Waals surface area contributed by atoms with Gasteiger partial charge in [-0.1, -0.05) is 12.1 Å². The van der Waals surface area contributed by atoms with Gasteiger partial charge in [0.05, 0.1) is 19.2 Å². The van der Waals surface area contributed by atoms with Crippen molar-refractivity contribution >= 4 is 72.3 Å². The van der Waals surface area contributed by atoms with E-state index in [0.29, 0.717) is 22.4 Å². The molecule has 0 fully saturated rings. The third kappa shape index (κ3) is 10.0. The second-order valence-corrected chi connectivity index (χ2v) is 8.47. The Morgan fingerprint density at radius 2 is 1.57 bits per heavy atom. The molecule has 2 aromatic carbocycles. The molecule has 4 aromatic rings. The van der Waals surface area contributed by atoms with Crippen LogP contribution in [-0.4, -0.2) is 34.8 Å². The van der Waals surface area contributed by atoms with Gasteiger partial charge in [-0.2, -0.15) is 22.7 Å². The summed E-state index contributed by atoms with van der Waals surface area (Å²) in [6, 6.07) is 8.61. The number of carboxylic acid groups (broad SMARTS) is 1. The normalized spacial score (nSPS) is 10.9. The van der Waals surface area contributed by atoms with Crippen LogP contribution in [0.2, 0.25) is 0 Å². The second kappa shape index (κ2) is 18.5. The van der Waals surface area contributed by atoms with Crippen LogP contribution in [0.15, 0.2) is 47.2 Å². The number of carbonyl (C=O) groups excluding carboxylic acids is 1. The molecule has 0 aliphatic carbocycles. The molecule has 0 bridgehead atoms. The largest absolute Gasteiger partial charge is 1.00 e. The van der Waals surface area contributed by atoms with E-state index in [1.807, 2.05) is 11.4 Å². The number of benzene rings is 2. The number of aliphatic hydroxyl groups excluding tert-OH is 1. The zero-order valence-electron chi connectivity index (χ0n) is 21.0. The molecule has 2 heterocycles. The van der Waals surface area contributed by atoms with E-state index < -0.39 is 18.1 Å². The molecule has 0 amide bonds. The second-order valence-electron chi connectivity index (χ2n) is 6.64. The number of thiophene rings is 2. The fraction of sp³-hybridized carbons (Fsp3) is 0.130. The van der Waals surface area contributed by atoms with Crippen molar-refractivity contribution in [2.75, 3.05) is 5.32 Å². The number of anilines is 1. The zero-order chi connectivity index (χ0) is 26.0. The molecule has 182 valence electrons. The van der Waals surface area contributed by atoms with Gasteiger partial charge in [-0.15, -0.1) is 0 Å². The first-order chi connectivity index (χ1) is 16.8. The van der Waals surface area contributed by atoms with E-state index >= 15 is 0 Å². The molecule has 0 aliphatic rings. The molecule has 2 aromatic heterocycles. The summed E-state index contributed by atoms with van der Waals surface area (Å²) in [5.41, 5.74) is 1.68. The maximum Gasteiger partial charge on any atom is 1.00 e. The smallest absolute Gasteiger partial charge is 1.00 e. The van der Waals surface area contributed by atoms with E-state index in [1.54, 1.807) is 23.6 Å². The van der Waals surface area contributed by atoms with Crippen LogP contribution >= 0.6 is 22.7 Å². The van der Waals surface area contributed by atoms with Gasteiger partial charge in [-0.25, -0.2) is 18.9 Å². The Balaban J connectivity index is 0. The van der Waals surface area contributed by atoms with E-state index in [2.05, 4.69) is 19.9 Å². The van der Waals surface area contributed by atoms with Crippen LogP contribution in [0.1, 0.15) is 8.35 Å². The van der Waals surface area contributed by atoms with Gasteiger partial charge >= 0.3 is 109 Å². The molecular weight excluding hydrogens is 576 g/mol. The van der Waals surface area contributed by atoms with Crippen LogP contribution in [0.4, 0.5) is 21.5 Å². The quantitative estimate of drug-likeness (QED) is 0.0877. The first-order valence-electron chi connectivity index (χ1n) is 9.59. The minimum absolute atomic E-state index is 0. The molecule has 9 nitrogen and oxygen atoms in total. The maximum atomic E-state index is 13.0. The van der Waals surface area contributed by atoms with Crippen LogP contribution in [0.25, 0.3) is 29.9 Å². The van der Waals surface area contributed by atoms with Crippen molar-refractivity contribution in [2.24, 2.45) is 0 Å². The Morgan fingerprint density at radius 3 is 2.03 bits per heavy atom. The summed E-state index contributed by atoms with van der Waals surface area (Å²) in [6.45, 7) is 15.2. The number of aliphatic hydroxyl groups is 1. The molecule has 0 saturated carbocycles. The van der Waals surface area contributed by atoms with Gasteiger partial charge in [-0.3, -0.25) is 4.79 Å². The van der Waals surface area contributed by atoms with Crippen molar-refractivity contribution in [3.8, 4) is 0 Å². The van der Waals surface area contributed by atoms with E-state index in [1.165, 1.54) is 41.7 Å². The predicted octanol–water partition coefficient (Wildman–Crippen LogP) is -1.16. The van der Waals surface area contributed by atoms with Gasteiger partial charge in [0.2, 0.25) is 11.4 Å². The molecule has 0 saturated heterocycles. The third-order valence-electron chi connectivity index (χ3n) is 4.48. The first kappa shape index (κ1) is 36.2. The van der Waals surface area contributed by atoms with E-state index in [-0.39, 0.29) is 116 Å². The van der Waals surface area contributed by atoms with Gasteiger partial charge in [0.1, 0.15) is 5.82 Å². The van der Waals surface area contributed by atoms with Crippen LogP contribution in [0.5, 0.6) is 0 Å². The van der Waals surface area contributed by atoms with E-state index in [0.717, 1.165) is 14.8 Å². The van der Waals surface area contributed by atoms with Crippen LogP contribution in [0.3, 0.4) is 0 Å². The molecular formula is C23H18FK2N3O6S2. The Bertz CT molecular complexity index is 1420. The molecule has 0 radical (unpaired) electrons. The minimum Gasteiger partial charge on any atom is -1.00 e. The molecule has 14 heteroatoms. The molecule has 37 heavy (non-hydrogen) atoms. The number of fused-ring (bicyclic) bond motifs is 2.